The summed E-state index contributed by atoms with van der Waals surface area (Å²) in [4.78, 5) is 0. The summed E-state index contributed by atoms with van der Waals surface area (Å²) in [6, 6.07) is 4.81. The molecule has 0 spiro atoms. The van der Waals surface area contributed by atoms with E-state index < -0.39 is 0 Å². The SMILES string of the molecule is CC(C)(C)C(N)CCc1c(F)cccc1Cl. The highest BCUT2D eigenvalue weighted by atomic mass is 35.5. The van der Waals surface area contributed by atoms with Crippen LogP contribution in [0, 0.1) is 11.2 Å². The lowest BCUT2D eigenvalue weighted by Gasteiger charge is -2.27. The molecule has 1 aromatic carbocycles. The van der Waals surface area contributed by atoms with Crippen LogP contribution in [0.15, 0.2) is 18.2 Å². The monoisotopic (exact) mass is 243 g/mol. The minimum absolute atomic E-state index is 0.0394. The summed E-state index contributed by atoms with van der Waals surface area (Å²) in [7, 11) is 0. The lowest BCUT2D eigenvalue weighted by molar-refractivity contribution is 0.305. The third-order valence-electron chi connectivity index (χ3n) is 2.88. The van der Waals surface area contributed by atoms with Gasteiger partial charge in [-0.05, 0) is 30.4 Å². The van der Waals surface area contributed by atoms with Crippen LogP contribution in [-0.2, 0) is 6.42 Å². The summed E-state index contributed by atoms with van der Waals surface area (Å²) in [5.74, 6) is -0.242. The van der Waals surface area contributed by atoms with E-state index in [2.05, 4.69) is 20.8 Å². The van der Waals surface area contributed by atoms with E-state index in [1.54, 1.807) is 12.1 Å². The Balaban J connectivity index is 2.69. The number of hydrogen-bond acceptors (Lipinski definition) is 1. The van der Waals surface area contributed by atoms with Crippen molar-refractivity contribution in [3.8, 4) is 0 Å². The second-order valence-corrected chi connectivity index (χ2v) is 5.62. The highest BCUT2D eigenvalue weighted by molar-refractivity contribution is 6.31. The summed E-state index contributed by atoms with van der Waals surface area (Å²) in [5, 5.41) is 0.487. The fourth-order valence-corrected chi connectivity index (χ4v) is 1.76. The molecule has 3 heteroatoms. The van der Waals surface area contributed by atoms with E-state index in [1.807, 2.05) is 0 Å². The average molecular weight is 244 g/mol. The number of benzene rings is 1. The Morgan fingerprint density at radius 3 is 2.50 bits per heavy atom. The van der Waals surface area contributed by atoms with Gasteiger partial charge in [0.25, 0.3) is 0 Å². The number of rotatable bonds is 3. The summed E-state index contributed by atoms with van der Waals surface area (Å²) in [6.45, 7) is 6.25. The van der Waals surface area contributed by atoms with Gasteiger partial charge in [0.2, 0.25) is 0 Å². The standard InChI is InChI=1S/C13H19ClFN/c1-13(2,3)12(16)8-7-9-10(14)5-4-6-11(9)15/h4-6,12H,7-8,16H2,1-3H3. The number of halogens is 2. The molecule has 16 heavy (non-hydrogen) atoms. The van der Waals surface area contributed by atoms with E-state index in [9.17, 15) is 4.39 Å². The molecule has 0 aromatic heterocycles. The molecule has 1 rings (SSSR count). The van der Waals surface area contributed by atoms with Crippen molar-refractivity contribution in [3.05, 3.63) is 34.6 Å². The summed E-state index contributed by atoms with van der Waals surface area (Å²) >= 11 is 5.95. The van der Waals surface area contributed by atoms with Crippen LogP contribution >= 0.6 is 11.6 Å². The fraction of sp³-hybridized carbons (Fsp3) is 0.538. The van der Waals surface area contributed by atoms with Crippen LogP contribution in [0.2, 0.25) is 5.02 Å². The molecule has 0 saturated carbocycles. The van der Waals surface area contributed by atoms with Gasteiger partial charge in [-0.2, -0.15) is 0 Å². The Labute approximate surface area is 102 Å². The zero-order chi connectivity index (χ0) is 12.3. The van der Waals surface area contributed by atoms with Crippen molar-refractivity contribution in [1.29, 1.82) is 0 Å². The Hall–Kier alpha value is -0.600. The fourth-order valence-electron chi connectivity index (χ4n) is 1.50. The second-order valence-electron chi connectivity index (χ2n) is 5.21. The van der Waals surface area contributed by atoms with Gasteiger partial charge in [0.1, 0.15) is 5.82 Å². The molecular formula is C13H19ClFN. The summed E-state index contributed by atoms with van der Waals surface area (Å²) in [5.41, 5.74) is 6.65. The summed E-state index contributed by atoms with van der Waals surface area (Å²) < 4.78 is 13.5. The van der Waals surface area contributed by atoms with Gasteiger partial charge in [-0.1, -0.05) is 38.4 Å². The zero-order valence-electron chi connectivity index (χ0n) is 10.1. The maximum absolute atomic E-state index is 13.5. The average Bonchev–Trinajstić information content (AvgIpc) is 2.15. The molecule has 90 valence electrons. The van der Waals surface area contributed by atoms with Gasteiger partial charge >= 0.3 is 0 Å². The smallest absolute Gasteiger partial charge is 0.127 e. The van der Waals surface area contributed by atoms with Crippen LogP contribution in [0.3, 0.4) is 0 Å². The van der Waals surface area contributed by atoms with Crippen molar-refractivity contribution in [2.75, 3.05) is 0 Å². The van der Waals surface area contributed by atoms with Crippen LogP contribution < -0.4 is 5.73 Å². The Morgan fingerprint density at radius 1 is 1.38 bits per heavy atom. The van der Waals surface area contributed by atoms with Gasteiger partial charge in [-0.15, -0.1) is 0 Å². The third kappa shape index (κ3) is 3.46. The van der Waals surface area contributed by atoms with E-state index in [0.717, 1.165) is 6.42 Å². The van der Waals surface area contributed by atoms with Crippen molar-refractivity contribution in [3.63, 3.8) is 0 Å². The van der Waals surface area contributed by atoms with Crippen molar-refractivity contribution < 1.29 is 4.39 Å². The molecule has 1 nitrogen and oxygen atoms in total. The molecule has 0 aliphatic carbocycles. The Bertz CT molecular complexity index is 337. The molecular weight excluding hydrogens is 225 g/mol. The maximum Gasteiger partial charge on any atom is 0.127 e. The van der Waals surface area contributed by atoms with Crippen LogP contribution in [0.4, 0.5) is 4.39 Å². The van der Waals surface area contributed by atoms with Crippen LogP contribution in [-0.4, -0.2) is 6.04 Å². The van der Waals surface area contributed by atoms with Gasteiger partial charge in [0.05, 0.1) is 0 Å². The topological polar surface area (TPSA) is 26.0 Å². The third-order valence-corrected chi connectivity index (χ3v) is 3.23. The van der Waals surface area contributed by atoms with Gasteiger partial charge < -0.3 is 5.73 Å². The largest absolute Gasteiger partial charge is 0.327 e. The zero-order valence-corrected chi connectivity index (χ0v) is 10.8. The molecule has 1 unspecified atom stereocenters. The van der Waals surface area contributed by atoms with Crippen molar-refractivity contribution in [2.24, 2.45) is 11.1 Å². The van der Waals surface area contributed by atoms with Crippen molar-refractivity contribution >= 4 is 11.6 Å². The molecule has 0 amide bonds. The van der Waals surface area contributed by atoms with Crippen LogP contribution in [0.5, 0.6) is 0 Å². The highest BCUT2D eigenvalue weighted by Gasteiger charge is 2.21. The maximum atomic E-state index is 13.5. The molecule has 1 atom stereocenters. The predicted molar refractivity (Wildman–Crippen MR) is 67.2 cm³/mol. The molecule has 0 heterocycles. The molecule has 0 radical (unpaired) electrons. The van der Waals surface area contributed by atoms with Gasteiger partial charge in [-0.25, -0.2) is 4.39 Å². The predicted octanol–water partition coefficient (Wildman–Crippen LogP) is 3.79. The van der Waals surface area contributed by atoms with E-state index in [1.165, 1.54) is 6.07 Å². The Kier molecular flexibility index (Phi) is 4.34. The molecule has 0 aliphatic heterocycles. The number of nitrogens with two attached hydrogens (primary N) is 1. The molecule has 2 N–H and O–H groups in total. The van der Waals surface area contributed by atoms with Crippen molar-refractivity contribution in [2.45, 2.75) is 39.7 Å². The van der Waals surface area contributed by atoms with Crippen molar-refractivity contribution in [1.82, 2.24) is 0 Å². The molecule has 0 bridgehead atoms. The summed E-state index contributed by atoms with van der Waals surface area (Å²) in [6.07, 6.45) is 1.33. The van der Waals surface area contributed by atoms with E-state index in [4.69, 9.17) is 17.3 Å². The van der Waals surface area contributed by atoms with Crippen LogP contribution in [0.25, 0.3) is 0 Å². The molecule has 0 saturated heterocycles. The second kappa shape index (κ2) is 5.15. The highest BCUT2D eigenvalue weighted by Crippen LogP contribution is 2.25. The lowest BCUT2D eigenvalue weighted by atomic mass is 9.84. The van der Waals surface area contributed by atoms with Crippen LogP contribution in [0.1, 0.15) is 32.8 Å². The van der Waals surface area contributed by atoms with E-state index in [0.29, 0.717) is 17.0 Å². The number of hydrogen-bond donors (Lipinski definition) is 1. The van der Waals surface area contributed by atoms with Gasteiger partial charge in [0.15, 0.2) is 0 Å². The molecule has 0 aliphatic rings. The first kappa shape index (κ1) is 13.5. The van der Waals surface area contributed by atoms with E-state index in [-0.39, 0.29) is 17.3 Å². The minimum Gasteiger partial charge on any atom is -0.327 e. The van der Waals surface area contributed by atoms with E-state index >= 15 is 0 Å². The molecule has 0 fully saturated rings. The lowest BCUT2D eigenvalue weighted by Crippen LogP contribution is -2.35. The first-order valence-corrected chi connectivity index (χ1v) is 5.88. The van der Waals surface area contributed by atoms with Gasteiger partial charge in [0, 0.05) is 16.6 Å². The minimum atomic E-state index is -0.242. The Morgan fingerprint density at radius 2 is 2.00 bits per heavy atom. The first-order valence-electron chi connectivity index (χ1n) is 5.51. The van der Waals surface area contributed by atoms with Gasteiger partial charge in [-0.3, -0.25) is 0 Å². The first-order chi connectivity index (χ1) is 7.32. The quantitative estimate of drug-likeness (QED) is 0.859. The normalized spacial score (nSPS) is 13.9. The molecule has 1 aromatic rings.